The van der Waals surface area contributed by atoms with Gasteiger partial charge >= 0.3 is 0 Å². The van der Waals surface area contributed by atoms with Gasteiger partial charge in [0.05, 0.1) is 18.3 Å². The van der Waals surface area contributed by atoms with Crippen LogP contribution in [0.5, 0.6) is 0 Å². The number of nitriles is 1. The average molecular weight is 206 g/mol. The van der Waals surface area contributed by atoms with Crippen molar-refractivity contribution in [1.29, 1.82) is 5.26 Å². The second-order valence-electron chi connectivity index (χ2n) is 2.87. The molecule has 74 valence electrons. The van der Waals surface area contributed by atoms with Crippen LogP contribution >= 0.6 is 0 Å². The fraction of sp³-hybridized carbons (Fsp3) is 0.833. The van der Waals surface area contributed by atoms with Gasteiger partial charge in [-0.05, 0) is 0 Å². The van der Waals surface area contributed by atoms with E-state index in [1.165, 1.54) is 6.07 Å². The van der Waals surface area contributed by atoms with Crippen LogP contribution in [0.2, 0.25) is 0 Å². The Labute approximate surface area is 76.1 Å². The molecule has 1 rings (SSSR count). The third kappa shape index (κ3) is 2.16. The number of β-amino-alcohol motifs (C(OH)–C–C–N with tert-alkyl or cyclic N) is 2. The maximum Gasteiger partial charge on any atom is 0.227 e. The van der Waals surface area contributed by atoms with Crippen LogP contribution in [0.15, 0.2) is 0 Å². The van der Waals surface area contributed by atoms with Gasteiger partial charge in [-0.25, -0.2) is 8.42 Å². The molecule has 0 saturated carbocycles. The summed E-state index contributed by atoms with van der Waals surface area (Å²) in [4.78, 5) is 0. The van der Waals surface area contributed by atoms with E-state index in [1.54, 1.807) is 0 Å². The summed E-state index contributed by atoms with van der Waals surface area (Å²) in [6, 6.07) is 1.52. The van der Waals surface area contributed by atoms with Gasteiger partial charge in [-0.3, -0.25) is 0 Å². The Hall–Kier alpha value is -0.680. The van der Waals surface area contributed by atoms with Crippen LogP contribution in [-0.2, 0) is 10.0 Å². The zero-order valence-corrected chi connectivity index (χ0v) is 7.61. The fourth-order valence-corrected chi connectivity index (χ4v) is 2.24. The first-order chi connectivity index (χ1) is 5.97. The number of aliphatic hydroxyl groups excluding tert-OH is 2. The quantitative estimate of drug-likeness (QED) is 0.537. The number of nitrogens with zero attached hydrogens (tertiary/aromatic N) is 2. The van der Waals surface area contributed by atoms with E-state index in [2.05, 4.69) is 0 Å². The molecule has 0 aliphatic carbocycles. The zero-order chi connectivity index (χ0) is 10.1. The van der Waals surface area contributed by atoms with Gasteiger partial charge in [0.15, 0.2) is 5.75 Å². The zero-order valence-electron chi connectivity index (χ0n) is 6.79. The number of hydrogen-bond acceptors (Lipinski definition) is 5. The van der Waals surface area contributed by atoms with Crippen molar-refractivity contribution >= 4 is 10.0 Å². The lowest BCUT2D eigenvalue weighted by molar-refractivity contribution is 0.0572. The number of rotatable bonds is 2. The first kappa shape index (κ1) is 10.4. The van der Waals surface area contributed by atoms with E-state index >= 15 is 0 Å². The summed E-state index contributed by atoms with van der Waals surface area (Å²) in [7, 11) is -3.62. The summed E-state index contributed by atoms with van der Waals surface area (Å²) in [5, 5.41) is 26.3. The summed E-state index contributed by atoms with van der Waals surface area (Å²) >= 11 is 0. The molecule has 0 amide bonds. The molecule has 6 nitrogen and oxygen atoms in total. The van der Waals surface area contributed by atoms with Gasteiger partial charge in [0.2, 0.25) is 10.0 Å². The largest absolute Gasteiger partial charge is 0.389 e. The molecule has 7 heteroatoms. The molecule has 1 aliphatic rings. The summed E-state index contributed by atoms with van der Waals surface area (Å²) in [6.45, 7) is -0.267. The average Bonchev–Trinajstić information content (AvgIpc) is 2.33. The molecular formula is C6H10N2O4S. The van der Waals surface area contributed by atoms with Crippen LogP contribution in [0, 0.1) is 11.3 Å². The molecule has 1 aliphatic heterocycles. The number of hydrogen-bond donors (Lipinski definition) is 2. The summed E-state index contributed by atoms with van der Waals surface area (Å²) in [6.07, 6.45) is -2.10. The van der Waals surface area contributed by atoms with Gasteiger partial charge in [-0.2, -0.15) is 9.57 Å². The third-order valence-electron chi connectivity index (χ3n) is 1.87. The Balaban J connectivity index is 2.72. The molecule has 0 aromatic rings. The van der Waals surface area contributed by atoms with E-state index in [0.29, 0.717) is 0 Å². The van der Waals surface area contributed by atoms with Crippen molar-refractivity contribution in [3.8, 4) is 6.07 Å². The van der Waals surface area contributed by atoms with E-state index in [0.717, 1.165) is 4.31 Å². The van der Waals surface area contributed by atoms with E-state index < -0.39 is 28.0 Å². The minimum Gasteiger partial charge on any atom is -0.389 e. The first-order valence-corrected chi connectivity index (χ1v) is 5.29. The summed E-state index contributed by atoms with van der Waals surface area (Å²) in [5.74, 6) is -0.619. The first-order valence-electron chi connectivity index (χ1n) is 3.68. The lowest BCUT2D eigenvalue weighted by Gasteiger charge is -2.12. The van der Waals surface area contributed by atoms with Gasteiger partial charge < -0.3 is 10.2 Å². The minimum absolute atomic E-state index is 0.134. The molecule has 2 atom stereocenters. The van der Waals surface area contributed by atoms with Crippen LogP contribution < -0.4 is 0 Å². The second-order valence-corrected chi connectivity index (χ2v) is 4.83. The Morgan fingerprint density at radius 1 is 1.38 bits per heavy atom. The van der Waals surface area contributed by atoms with Crippen LogP contribution in [0.3, 0.4) is 0 Å². The molecule has 2 unspecified atom stereocenters. The lowest BCUT2D eigenvalue weighted by atomic mass is 10.3. The molecule has 0 aromatic heterocycles. The van der Waals surface area contributed by atoms with Crippen molar-refractivity contribution in [2.24, 2.45) is 0 Å². The molecule has 0 bridgehead atoms. The Morgan fingerprint density at radius 3 is 2.23 bits per heavy atom. The molecule has 0 spiro atoms. The third-order valence-corrected chi connectivity index (χ3v) is 3.44. The molecule has 1 fully saturated rings. The predicted octanol–water partition coefficient (Wildman–Crippen LogP) is -2.12. The highest BCUT2D eigenvalue weighted by Gasteiger charge is 2.36. The Bertz CT molecular complexity index is 310. The van der Waals surface area contributed by atoms with Gasteiger partial charge in [0.25, 0.3) is 0 Å². The SMILES string of the molecule is N#CCS(=O)(=O)N1CC(O)C(O)C1. The lowest BCUT2D eigenvalue weighted by Crippen LogP contribution is -2.31. The molecule has 13 heavy (non-hydrogen) atoms. The Morgan fingerprint density at radius 2 is 1.85 bits per heavy atom. The van der Waals surface area contributed by atoms with Gasteiger partial charge in [-0.15, -0.1) is 0 Å². The highest BCUT2D eigenvalue weighted by Crippen LogP contribution is 2.14. The normalized spacial score (nSPS) is 30.2. The maximum atomic E-state index is 11.2. The van der Waals surface area contributed by atoms with Crippen molar-refractivity contribution in [3.63, 3.8) is 0 Å². The van der Waals surface area contributed by atoms with Crippen molar-refractivity contribution in [2.45, 2.75) is 12.2 Å². The Kier molecular flexibility index (Phi) is 2.87. The topological polar surface area (TPSA) is 102 Å². The molecule has 1 saturated heterocycles. The van der Waals surface area contributed by atoms with Crippen LogP contribution in [0.1, 0.15) is 0 Å². The molecule has 0 radical (unpaired) electrons. The minimum atomic E-state index is -3.62. The van der Waals surface area contributed by atoms with Crippen molar-refractivity contribution in [3.05, 3.63) is 0 Å². The predicted molar refractivity (Wildman–Crippen MR) is 43.0 cm³/mol. The second kappa shape index (κ2) is 3.59. The van der Waals surface area contributed by atoms with E-state index in [-0.39, 0.29) is 13.1 Å². The summed E-state index contributed by atoms with van der Waals surface area (Å²) < 4.78 is 23.3. The number of aliphatic hydroxyl groups is 2. The molecule has 1 heterocycles. The van der Waals surface area contributed by atoms with Crippen molar-refractivity contribution < 1.29 is 18.6 Å². The van der Waals surface area contributed by atoms with Gasteiger partial charge in [0, 0.05) is 13.1 Å². The number of sulfonamides is 1. The van der Waals surface area contributed by atoms with E-state index in [4.69, 9.17) is 15.5 Å². The highest BCUT2D eigenvalue weighted by molar-refractivity contribution is 7.89. The smallest absolute Gasteiger partial charge is 0.227 e. The fourth-order valence-electron chi connectivity index (χ4n) is 1.14. The van der Waals surface area contributed by atoms with Crippen molar-refractivity contribution in [2.75, 3.05) is 18.8 Å². The van der Waals surface area contributed by atoms with Gasteiger partial charge in [-0.1, -0.05) is 0 Å². The van der Waals surface area contributed by atoms with Crippen LogP contribution in [0.4, 0.5) is 0 Å². The standard InChI is InChI=1S/C6H10N2O4S/c7-1-2-13(11,12)8-3-5(9)6(10)4-8/h5-6,9-10H,2-4H2. The maximum absolute atomic E-state index is 11.2. The molecule has 0 aromatic carbocycles. The molecular weight excluding hydrogens is 196 g/mol. The molecule has 2 N–H and O–H groups in total. The van der Waals surface area contributed by atoms with Crippen LogP contribution in [-0.4, -0.2) is 54.0 Å². The van der Waals surface area contributed by atoms with E-state index in [1.807, 2.05) is 0 Å². The summed E-state index contributed by atoms with van der Waals surface area (Å²) in [5.41, 5.74) is 0. The van der Waals surface area contributed by atoms with E-state index in [9.17, 15) is 8.42 Å². The van der Waals surface area contributed by atoms with Crippen LogP contribution in [0.25, 0.3) is 0 Å². The van der Waals surface area contributed by atoms with Crippen molar-refractivity contribution in [1.82, 2.24) is 4.31 Å². The van der Waals surface area contributed by atoms with Gasteiger partial charge in [0.1, 0.15) is 0 Å². The highest BCUT2D eigenvalue weighted by atomic mass is 32.2. The monoisotopic (exact) mass is 206 g/mol.